The summed E-state index contributed by atoms with van der Waals surface area (Å²) in [6.45, 7) is 0. The van der Waals surface area contributed by atoms with Crippen LogP contribution in [0.4, 0.5) is 0 Å². The molecule has 6 heteroatoms. The van der Waals surface area contributed by atoms with Gasteiger partial charge in [-0.05, 0) is 12.1 Å². The summed E-state index contributed by atoms with van der Waals surface area (Å²) >= 11 is 0. The Morgan fingerprint density at radius 1 is 1.54 bits per heavy atom. The van der Waals surface area contributed by atoms with Crippen LogP contribution in [0.5, 0.6) is 0 Å². The molecule has 0 unspecified atom stereocenters. The maximum Gasteiger partial charge on any atom is 0.188 e. The molecule has 0 saturated carbocycles. The van der Waals surface area contributed by atoms with E-state index in [1.807, 2.05) is 0 Å². The smallest absolute Gasteiger partial charge is 0.188 e. The lowest BCUT2D eigenvalue weighted by Gasteiger charge is -1.99. The first-order valence-electron chi connectivity index (χ1n) is 3.59. The quantitative estimate of drug-likeness (QED) is 0.274. The molecule has 2 rings (SSSR count). The molecule has 66 valence electrons. The van der Waals surface area contributed by atoms with Gasteiger partial charge in [0, 0.05) is 0 Å². The number of nitrogens with zero attached hydrogens (tertiary/aromatic N) is 4. The summed E-state index contributed by atoms with van der Waals surface area (Å²) in [5, 5.41) is 15.3. The van der Waals surface area contributed by atoms with Crippen LogP contribution in [-0.4, -0.2) is 25.6 Å². The molecular formula is C7H7N5O. The normalized spacial score (nSPS) is 12.2. The predicted molar refractivity (Wildman–Crippen MR) is 45.5 cm³/mol. The molecule has 2 heterocycles. The largest absolute Gasteiger partial charge is 0.409 e. The van der Waals surface area contributed by atoms with Crippen molar-refractivity contribution < 1.29 is 5.21 Å². The summed E-state index contributed by atoms with van der Waals surface area (Å²) in [6.07, 6.45) is 1.41. The number of hydrogen-bond acceptors (Lipinski definition) is 4. The molecule has 0 amide bonds. The number of aromatic nitrogens is 3. The SMILES string of the molecule is N/C(=N/O)c1cccc2ncnn12. The third kappa shape index (κ3) is 1.08. The summed E-state index contributed by atoms with van der Waals surface area (Å²) in [6, 6.07) is 5.23. The van der Waals surface area contributed by atoms with Gasteiger partial charge in [-0.15, -0.1) is 0 Å². The molecule has 6 nitrogen and oxygen atoms in total. The van der Waals surface area contributed by atoms with E-state index in [1.165, 1.54) is 10.8 Å². The third-order valence-corrected chi connectivity index (χ3v) is 1.67. The Morgan fingerprint density at radius 3 is 3.15 bits per heavy atom. The Morgan fingerprint density at radius 2 is 2.38 bits per heavy atom. The Bertz CT molecular complexity index is 461. The molecule has 0 fully saturated rings. The molecule has 3 N–H and O–H groups in total. The molecule has 0 aromatic carbocycles. The maximum absolute atomic E-state index is 8.49. The van der Waals surface area contributed by atoms with E-state index < -0.39 is 0 Å². The average Bonchev–Trinajstić information content (AvgIpc) is 2.63. The second-order valence-electron chi connectivity index (χ2n) is 2.43. The lowest BCUT2D eigenvalue weighted by molar-refractivity contribution is 0.318. The summed E-state index contributed by atoms with van der Waals surface area (Å²) < 4.78 is 1.50. The summed E-state index contributed by atoms with van der Waals surface area (Å²) in [4.78, 5) is 3.96. The van der Waals surface area contributed by atoms with Gasteiger partial charge in [-0.1, -0.05) is 11.2 Å². The molecular weight excluding hydrogens is 170 g/mol. The van der Waals surface area contributed by atoms with Gasteiger partial charge in [0.2, 0.25) is 0 Å². The van der Waals surface area contributed by atoms with Gasteiger partial charge in [-0.3, -0.25) is 0 Å². The second kappa shape index (κ2) is 2.74. The topological polar surface area (TPSA) is 88.8 Å². The lowest BCUT2D eigenvalue weighted by atomic mass is 10.3. The molecule has 0 aliphatic rings. The van der Waals surface area contributed by atoms with Gasteiger partial charge in [-0.25, -0.2) is 9.50 Å². The number of pyridine rings is 1. The van der Waals surface area contributed by atoms with Crippen LogP contribution in [0.3, 0.4) is 0 Å². The zero-order chi connectivity index (χ0) is 9.26. The standard InChI is InChI=1S/C7H7N5O/c8-7(11-13)5-2-1-3-6-9-4-10-12(5)6/h1-4,13H,(H2,8,11). The van der Waals surface area contributed by atoms with Crippen LogP contribution in [0.2, 0.25) is 0 Å². The first kappa shape index (κ1) is 7.53. The second-order valence-corrected chi connectivity index (χ2v) is 2.43. The molecule has 2 aromatic heterocycles. The summed E-state index contributed by atoms with van der Waals surface area (Å²) in [7, 11) is 0. The monoisotopic (exact) mass is 177 g/mol. The van der Waals surface area contributed by atoms with Gasteiger partial charge in [0.25, 0.3) is 0 Å². The lowest BCUT2D eigenvalue weighted by Crippen LogP contribution is -2.17. The van der Waals surface area contributed by atoms with Crippen LogP contribution in [0, 0.1) is 0 Å². The molecule has 0 radical (unpaired) electrons. The van der Waals surface area contributed by atoms with E-state index in [9.17, 15) is 0 Å². The van der Waals surface area contributed by atoms with Crippen molar-refractivity contribution in [3.8, 4) is 0 Å². The fourth-order valence-corrected chi connectivity index (χ4v) is 1.09. The van der Waals surface area contributed by atoms with Gasteiger partial charge in [0.1, 0.15) is 12.0 Å². The number of oxime groups is 1. The Labute approximate surface area is 73.3 Å². The van der Waals surface area contributed by atoms with Crippen molar-refractivity contribution in [3.05, 3.63) is 30.2 Å². The summed E-state index contributed by atoms with van der Waals surface area (Å²) in [5.41, 5.74) is 6.60. The van der Waals surface area contributed by atoms with Gasteiger partial charge < -0.3 is 10.9 Å². The van der Waals surface area contributed by atoms with Crippen LogP contribution in [0.15, 0.2) is 29.7 Å². The average molecular weight is 177 g/mol. The van der Waals surface area contributed by atoms with Crippen LogP contribution in [0.25, 0.3) is 5.65 Å². The van der Waals surface area contributed by atoms with E-state index in [2.05, 4.69) is 15.2 Å². The predicted octanol–water partition coefficient (Wildman–Crippen LogP) is -0.176. The zero-order valence-electron chi connectivity index (χ0n) is 6.62. The minimum atomic E-state index is 0.0103. The van der Waals surface area contributed by atoms with Gasteiger partial charge in [0.15, 0.2) is 11.5 Å². The maximum atomic E-state index is 8.49. The Kier molecular flexibility index (Phi) is 1.59. The number of amidine groups is 1. The minimum absolute atomic E-state index is 0.0103. The number of nitrogens with two attached hydrogens (primary N) is 1. The van der Waals surface area contributed by atoms with Gasteiger partial charge >= 0.3 is 0 Å². The fraction of sp³-hybridized carbons (Fsp3) is 0. The van der Waals surface area contributed by atoms with Crippen molar-refractivity contribution in [2.45, 2.75) is 0 Å². The number of hydrogen-bond donors (Lipinski definition) is 2. The number of rotatable bonds is 1. The number of fused-ring (bicyclic) bond motifs is 1. The highest BCUT2D eigenvalue weighted by Crippen LogP contribution is 2.02. The third-order valence-electron chi connectivity index (χ3n) is 1.67. The molecule has 2 aromatic rings. The van der Waals surface area contributed by atoms with Crippen molar-refractivity contribution >= 4 is 11.5 Å². The van der Waals surface area contributed by atoms with Gasteiger partial charge in [-0.2, -0.15) is 5.10 Å². The highest BCUT2D eigenvalue weighted by atomic mass is 16.4. The van der Waals surface area contributed by atoms with Crippen molar-refractivity contribution in [3.63, 3.8) is 0 Å². The van der Waals surface area contributed by atoms with Crippen LogP contribution in [-0.2, 0) is 0 Å². The molecule has 0 aliphatic carbocycles. The fourth-order valence-electron chi connectivity index (χ4n) is 1.09. The van der Waals surface area contributed by atoms with Gasteiger partial charge in [0.05, 0.1) is 0 Å². The first-order valence-corrected chi connectivity index (χ1v) is 3.59. The van der Waals surface area contributed by atoms with Crippen molar-refractivity contribution in [2.75, 3.05) is 0 Å². The van der Waals surface area contributed by atoms with E-state index in [0.29, 0.717) is 11.3 Å². The molecule has 0 atom stereocenters. The molecule has 0 saturated heterocycles. The van der Waals surface area contributed by atoms with Crippen molar-refractivity contribution in [1.82, 2.24) is 14.6 Å². The van der Waals surface area contributed by atoms with Crippen LogP contribution < -0.4 is 5.73 Å². The van der Waals surface area contributed by atoms with Crippen LogP contribution >= 0.6 is 0 Å². The van der Waals surface area contributed by atoms with E-state index in [-0.39, 0.29) is 5.84 Å². The summed E-state index contributed by atoms with van der Waals surface area (Å²) in [5.74, 6) is 0.0103. The Balaban J connectivity index is 2.75. The van der Waals surface area contributed by atoms with Crippen molar-refractivity contribution in [1.29, 1.82) is 0 Å². The van der Waals surface area contributed by atoms with E-state index in [4.69, 9.17) is 10.9 Å². The zero-order valence-corrected chi connectivity index (χ0v) is 6.62. The van der Waals surface area contributed by atoms with E-state index in [0.717, 1.165) is 0 Å². The highest BCUT2D eigenvalue weighted by Gasteiger charge is 2.05. The first-order chi connectivity index (χ1) is 6.33. The molecule has 0 spiro atoms. The Hall–Kier alpha value is -2.11. The highest BCUT2D eigenvalue weighted by molar-refractivity contribution is 5.95. The van der Waals surface area contributed by atoms with E-state index in [1.54, 1.807) is 18.2 Å². The van der Waals surface area contributed by atoms with Crippen LogP contribution in [0.1, 0.15) is 5.69 Å². The minimum Gasteiger partial charge on any atom is -0.409 e. The molecule has 0 bridgehead atoms. The molecule has 13 heavy (non-hydrogen) atoms. The molecule has 0 aliphatic heterocycles. The van der Waals surface area contributed by atoms with E-state index >= 15 is 0 Å². The van der Waals surface area contributed by atoms with Crippen molar-refractivity contribution in [2.24, 2.45) is 10.9 Å².